The first-order valence-electron chi connectivity index (χ1n) is 9.11. The summed E-state index contributed by atoms with van der Waals surface area (Å²) >= 11 is 0. The van der Waals surface area contributed by atoms with Gasteiger partial charge in [0.05, 0.1) is 27.4 Å². The predicted molar refractivity (Wildman–Crippen MR) is 102 cm³/mol. The van der Waals surface area contributed by atoms with Gasteiger partial charge >= 0.3 is 6.03 Å². The lowest BCUT2D eigenvalue weighted by Crippen LogP contribution is -2.49. The lowest BCUT2D eigenvalue weighted by Gasteiger charge is -2.35. The molecule has 26 heavy (non-hydrogen) atoms. The highest BCUT2D eigenvalue weighted by Crippen LogP contribution is 2.25. The first-order valence-corrected chi connectivity index (χ1v) is 9.11. The van der Waals surface area contributed by atoms with Gasteiger partial charge in [-0.3, -0.25) is 4.90 Å². The third kappa shape index (κ3) is 6.38. The van der Waals surface area contributed by atoms with Crippen molar-refractivity contribution in [3.63, 3.8) is 0 Å². The number of amides is 2. The molecule has 0 aromatic heterocycles. The van der Waals surface area contributed by atoms with Crippen LogP contribution in [0.5, 0.6) is 11.5 Å². The monoisotopic (exact) mass is 365 g/mol. The van der Waals surface area contributed by atoms with Crippen LogP contribution in [0, 0.1) is 5.92 Å². The van der Waals surface area contributed by atoms with Gasteiger partial charge in [-0.05, 0) is 12.3 Å². The number of nitrogens with one attached hydrogen (secondary N) is 2. The van der Waals surface area contributed by atoms with Crippen molar-refractivity contribution in [1.82, 2.24) is 10.2 Å². The van der Waals surface area contributed by atoms with Crippen LogP contribution in [0.1, 0.15) is 20.3 Å². The highest BCUT2D eigenvalue weighted by Gasteiger charge is 2.22. The third-order valence-corrected chi connectivity index (χ3v) is 4.41. The van der Waals surface area contributed by atoms with Crippen molar-refractivity contribution < 1.29 is 19.0 Å². The zero-order valence-electron chi connectivity index (χ0n) is 16.2. The van der Waals surface area contributed by atoms with Crippen LogP contribution in [0.15, 0.2) is 18.2 Å². The summed E-state index contributed by atoms with van der Waals surface area (Å²) in [6.07, 6.45) is 1.03. The minimum absolute atomic E-state index is 0.234. The predicted octanol–water partition coefficient (Wildman–Crippen LogP) is 2.57. The van der Waals surface area contributed by atoms with E-state index in [0.717, 1.165) is 32.7 Å². The molecule has 2 amide bonds. The second kappa shape index (κ2) is 10.2. The van der Waals surface area contributed by atoms with Crippen molar-refractivity contribution in [3.8, 4) is 11.5 Å². The van der Waals surface area contributed by atoms with Crippen LogP contribution in [0.4, 0.5) is 10.5 Å². The minimum atomic E-state index is -0.234. The van der Waals surface area contributed by atoms with E-state index in [1.807, 2.05) is 0 Å². The Morgan fingerprint density at radius 1 is 1.15 bits per heavy atom. The fourth-order valence-corrected chi connectivity index (χ4v) is 3.11. The average Bonchev–Trinajstić information content (AvgIpc) is 2.65. The van der Waals surface area contributed by atoms with Gasteiger partial charge in [-0.1, -0.05) is 13.8 Å². The van der Waals surface area contributed by atoms with Crippen molar-refractivity contribution in [2.24, 2.45) is 5.92 Å². The van der Waals surface area contributed by atoms with E-state index in [4.69, 9.17) is 14.2 Å². The Labute approximate surface area is 156 Å². The minimum Gasteiger partial charge on any atom is -0.497 e. The summed E-state index contributed by atoms with van der Waals surface area (Å²) in [5, 5.41) is 5.84. The molecule has 7 heteroatoms. The highest BCUT2D eigenvalue weighted by molar-refractivity contribution is 5.89. The van der Waals surface area contributed by atoms with Crippen molar-refractivity contribution in [3.05, 3.63) is 18.2 Å². The number of rotatable bonds is 8. The lowest BCUT2D eigenvalue weighted by molar-refractivity contribution is 0.0130. The number of nitrogens with zero attached hydrogens (tertiary/aromatic N) is 1. The zero-order chi connectivity index (χ0) is 18.9. The summed E-state index contributed by atoms with van der Waals surface area (Å²) in [5.41, 5.74) is 0.630. The van der Waals surface area contributed by atoms with E-state index in [2.05, 4.69) is 29.4 Å². The van der Waals surface area contributed by atoms with E-state index in [9.17, 15) is 4.79 Å². The molecular weight excluding hydrogens is 334 g/mol. The Bertz CT molecular complexity index is 552. The SMILES string of the molecule is COc1cc(NC(=O)NCC(CC(C)C)N2CCOCC2)cc(OC)c1. The molecule has 2 rings (SSSR count). The van der Waals surface area contributed by atoms with Crippen LogP contribution in [0.2, 0.25) is 0 Å². The number of ether oxygens (including phenoxy) is 3. The molecule has 0 bridgehead atoms. The molecule has 1 aromatic rings. The normalized spacial score (nSPS) is 16.2. The topological polar surface area (TPSA) is 72.1 Å². The molecule has 0 radical (unpaired) electrons. The van der Waals surface area contributed by atoms with Gasteiger partial charge in [0.15, 0.2) is 0 Å². The summed E-state index contributed by atoms with van der Waals surface area (Å²) < 4.78 is 15.9. The van der Waals surface area contributed by atoms with E-state index >= 15 is 0 Å². The number of methoxy groups -OCH3 is 2. The molecule has 1 saturated heterocycles. The number of carbonyl (C=O) groups is 1. The van der Waals surface area contributed by atoms with Gasteiger partial charge in [0, 0.05) is 49.6 Å². The molecule has 1 heterocycles. The summed E-state index contributed by atoms with van der Waals surface area (Å²) in [5.74, 6) is 1.83. The van der Waals surface area contributed by atoms with Crippen molar-refractivity contribution >= 4 is 11.7 Å². The van der Waals surface area contributed by atoms with Crippen LogP contribution in [-0.2, 0) is 4.74 Å². The van der Waals surface area contributed by atoms with Crippen LogP contribution < -0.4 is 20.1 Å². The molecule has 2 N–H and O–H groups in total. The van der Waals surface area contributed by atoms with E-state index in [1.165, 1.54) is 0 Å². The molecule has 7 nitrogen and oxygen atoms in total. The number of hydrogen-bond donors (Lipinski definition) is 2. The first kappa shape index (κ1) is 20.3. The molecule has 0 aliphatic carbocycles. The molecule has 1 aliphatic rings. The highest BCUT2D eigenvalue weighted by atomic mass is 16.5. The average molecular weight is 365 g/mol. The van der Waals surface area contributed by atoms with Crippen molar-refractivity contribution in [2.75, 3.05) is 52.4 Å². The second-order valence-electron chi connectivity index (χ2n) is 6.87. The Balaban J connectivity index is 1.92. The van der Waals surface area contributed by atoms with Crippen molar-refractivity contribution in [1.29, 1.82) is 0 Å². The fraction of sp³-hybridized carbons (Fsp3) is 0.632. The standard InChI is InChI=1S/C19H31N3O4/c1-14(2)9-16(22-5-7-26-8-6-22)13-20-19(23)21-15-10-17(24-3)12-18(11-15)25-4/h10-12,14,16H,5-9,13H2,1-4H3,(H2,20,21,23). The van der Waals surface area contributed by atoms with E-state index in [0.29, 0.717) is 35.7 Å². The molecule has 1 unspecified atom stereocenters. The Morgan fingerprint density at radius 2 is 1.77 bits per heavy atom. The Kier molecular flexibility index (Phi) is 8.00. The van der Waals surface area contributed by atoms with Crippen LogP contribution in [0.3, 0.4) is 0 Å². The fourth-order valence-electron chi connectivity index (χ4n) is 3.11. The smallest absolute Gasteiger partial charge is 0.319 e. The van der Waals surface area contributed by atoms with Gasteiger partial charge in [0.1, 0.15) is 11.5 Å². The summed E-state index contributed by atoms with van der Waals surface area (Å²) in [6, 6.07) is 5.36. The van der Waals surface area contributed by atoms with E-state index in [-0.39, 0.29) is 6.03 Å². The summed E-state index contributed by atoms with van der Waals surface area (Å²) in [6.45, 7) is 8.34. The summed E-state index contributed by atoms with van der Waals surface area (Å²) in [4.78, 5) is 14.7. The molecule has 0 spiro atoms. The van der Waals surface area contributed by atoms with Crippen LogP contribution >= 0.6 is 0 Å². The zero-order valence-corrected chi connectivity index (χ0v) is 16.2. The number of hydrogen-bond acceptors (Lipinski definition) is 5. The molecule has 1 aromatic carbocycles. The molecule has 1 fully saturated rings. The van der Waals surface area contributed by atoms with Crippen molar-refractivity contribution in [2.45, 2.75) is 26.3 Å². The van der Waals surface area contributed by atoms with Gasteiger partial charge in [0.2, 0.25) is 0 Å². The molecule has 1 atom stereocenters. The quantitative estimate of drug-likeness (QED) is 0.741. The van der Waals surface area contributed by atoms with E-state index < -0.39 is 0 Å². The second-order valence-corrected chi connectivity index (χ2v) is 6.87. The van der Waals surface area contributed by atoms with Gasteiger partial charge < -0.3 is 24.8 Å². The summed E-state index contributed by atoms with van der Waals surface area (Å²) in [7, 11) is 3.16. The maximum absolute atomic E-state index is 12.3. The Hall–Kier alpha value is -1.99. The maximum atomic E-state index is 12.3. The molecule has 0 saturated carbocycles. The number of anilines is 1. The number of morpholine rings is 1. The van der Waals surface area contributed by atoms with Crippen LogP contribution in [0.25, 0.3) is 0 Å². The third-order valence-electron chi connectivity index (χ3n) is 4.41. The Morgan fingerprint density at radius 3 is 2.31 bits per heavy atom. The molecule has 1 aliphatic heterocycles. The lowest BCUT2D eigenvalue weighted by atomic mass is 10.0. The number of benzene rings is 1. The van der Waals surface area contributed by atoms with Gasteiger partial charge in [-0.2, -0.15) is 0 Å². The van der Waals surface area contributed by atoms with E-state index in [1.54, 1.807) is 32.4 Å². The first-order chi connectivity index (χ1) is 12.5. The van der Waals surface area contributed by atoms with Gasteiger partial charge in [-0.15, -0.1) is 0 Å². The van der Waals surface area contributed by atoms with Gasteiger partial charge in [-0.25, -0.2) is 4.79 Å². The number of carbonyl (C=O) groups excluding carboxylic acids is 1. The molecular formula is C19H31N3O4. The van der Waals surface area contributed by atoms with Gasteiger partial charge in [0.25, 0.3) is 0 Å². The maximum Gasteiger partial charge on any atom is 0.319 e. The molecule has 146 valence electrons. The largest absolute Gasteiger partial charge is 0.497 e. The number of urea groups is 1. The van der Waals surface area contributed by atoms with Crippen LogP contribution in [-0.4, -0.2) is 64.0 Å².